The van der Waals surface area contributed by atoms with Crippen molar-refractivity contribution >= 4 is 22.5 Å². The topological polar surface area (TPSA) is 93.1 Å². The molecule has 0 radical (unpaired) electrons. The molecule has 0 bridgehead atoms. The number of hydrogen-bond donors (Lipinski definition) is 2. The third-order valence-electron chi connectivity index (χ3n) is 8.44. The summed E-state index contributed by atoms with van der Waals surface area (Å²) in [7, 11) is 0. The number of aliphatic hydroxyl groups excluding tert-OH is 2. The fraction of sp³-hybridized carbons (Fsp3) is 0.429. The second kappa shape index (κ2) is 7.27. The molecule has 0 aromatic heterocycles. The molecular weight excluding hydrogens is 428 g/mol. The predicted octanol–water partition coefficient (Wildman–Crippen LogP) is 1.92. The molecule has 4 heterocycles. The highest BCUT2D eigenvalue weighted by Gasteiger charge is 2.35. The van der Waals surface area contributed by atoms with Crippen LogP contribution in [-0.4, -0.2) is 36.4 Å². The summed E-state index contributed by atoms with van der Waals surface area (Å²) in [6, 6.07) is 7.77. The largest absolute Gasteiger partial charge is 0.872 e. The molecule has 0 amide bonds. The van der Waals surface area contributed by atoms with E-state index in [1.165, 1.54) is 11.1 Å². The summed E-state index contributed by atoms with van der Waals surface area (Å²) < 4.78 is 0. The standard InChI is InChI=1S/C28H30N2O4/c31-19-9-13-29-11-1-3-15-5-7-17(21(19)25(15)29)23-27(33)24(28(23)34)18-8-6-16-4-2-12-30-14-10-20(32)22(18)26(16)30/h5-8,19-20,31-34H,1-4,9-14H2/p-2. The number of benzene rings is 2. The summed E-state index contributed by atoms with van der Waals surface area (Å²) in [4.78, 5) is 4.59. The average molecular weight is 457 g/mol. The molecule has 6 heteroatoms. The lowest BCUT2D eigenvalue weighted by molar-refractivity contribution is -0.316. The van der Waals surface area contributed by atoms with Crippen molar-refractivity contribution in [3.8, 4) is 0 Å². The maximum atomic E-state index is 13.6. The number of anilines is 2. The van der Waals surface area contributed by atoms with Crippen LogP contribution in [0.4, 0.5) is 11.4 Å². The van der Waals surface area contributed by atoms with Gasteiger partial charge in [0.1, 0.15) is 0 Å². The maximum absolute atomic E-state index is 13.6. The van der Waals surface area contributed by atoms with Gasteiger partial charge in [0.05, 0.1) is 12.2 Å². The highest BCUT2D eigenvalue weighted by molar-refractivity contribution is 6.07. The first-order chi connectivity index (χ1) is 16.5. The van der Waals surface area contributed by atoms with Crippen molar-refractivity contribution in [2.45, 2.75) is 50.7 Å². The molecule has 2 unspecified atom stereocenters. The van der Waals surface area contributed by atoms with Gasteiger partial charge in [-0.15, -0.1) is 0 Å². The molecule has 5 aliphatic rings. The molecule has 0 saturated carbocycles. The minimum Gasteiger partial charge on any atom is -0.872 e. The zero-order valence-electron chi connectivity index (χ0n) is 19.1. The van der Waals surface area contributed by atoms with E-state index >= 15 is 0 Å². The fourth-order valence-electron chi connectivity index (χ4n) is 6.89. The molecule has 2 aromatic carbocycles. The molecule has 2 atom stereocenters. The van der Waals surface area contributed by atoms with E-state index in [0.717, 1.165) is 74.4 Å². The van der Waals surface area contributed by atoms with E-state index in [4.69, 9.17) is 0 Å². The van der Waals surface area contributed by atoms with Crippen molar-refractivity contribution in [1.82, 2.24) is 0 Å². The van der Waals surface area contributed by atoms with Crippen molar-refractivity contribution in [3.63, 3.8) is 0 Å². The smallest absolute Gasteiger partial charge is 0.0833 e. The molecule has 34 heavy (non-hydrogen) atoms. The lowest BCUT2D eigenvalue weighted by Crippen LogP contribution is -2.38. The van der Waals surface area contributed by atoms with Crippen LogP contribution in [0.15, 0.2) is 35.8 Å². The molecule has 2 aromatic rings. The predicted molar refractivity (Wildman–Crippen MR) is 127 cm³/mol. The van der Waals surface area contributed by atoms with E-state index in [-0.39, 0.29) is 22.7 Å². The van der Waals surface area contributed by atoms with Gasteiger partial charge in [-0.05, 0) is 71.9 Å². The van der Waals surface area contributed by atoms with Crippen LogP contribution in [0.5, 0.6) is 0 Å². The average Bonchev–Trinajstić information content (AvgIpc) is 2.85. The SMILES string of the molecule is [O-]C1=C(c2ccc3c4c2C(O)CCN4CCC3)C([O-])=C1c1ccc2c3c1C(O)CCN3CCC2. The Balaban J connectivity index is 1.36. The van der Waals surface area contributed by atoms with Crippen LogP contribution in [0.25, 0.3) is 11.1 Å². The normalized spacial score (nSPS) is 25.2. The van der Waals surface area contributed by atoms with Crippen LogP contribution in [-0.2, 0) is 12.8 Å². The van der Waals surface area contributed by atoms with Gasteiger partial charge >= 0.3 is 0 Å². The van der Waals surface area contributed by atoms with E-state index in [1.54, 1.807) is 0 Å². The van der Waals surface area contributed by atoms with Crippen molar-refractivity contribution in [2.24, 2.45) is 0 Å². The molecular formula is C28H28N2O4-2. The van der Waals surface area contributed by atoms with Gasteiger partial charge in [-0.1, -0.05) is 35.8 Å². The first-order valence-electron chi connectivity index (χ1n) is 12.6. The van der Waals surface area contributed by atoms with Crippen LogP contribution in [0.1, 0.15) is 71.3 Å². The van der Waals surface area contributed by atoms with Crippen LogP contribution >= 0.6 is 0 Å². The van der Waals surface area contributed by atoms with E-state index < -0.39 is 12.2 Å². The van der Waals surface area contributed by atoms with Gasteiger partial charge < -0.3 is 30.2 Å². The Hall–Kier alpha value is -2.96. The van der Waals surface area contributed by atoms with Gasteiger partial charge in [-0.3, -0.25) is 0 Å². The van der Waals surface area contributed by atoms with Gasteiger partial charge in [0, 0.05) is 48.7 Å². The number of nitrogens with zero attached hydrogens (tertiary/aromatic N) is 2. The van der Waals surface area contributed by atoms with Gasteiger partial charge in [-0.2, -0.15) is 0 Å². The summed E-state index contributed by atoms with van der Waals surface area (Å²) in [5.41, 5.74) is 7.48. The summed E-state index contributed by atoms with van der Waals surface area (Å²) in [6.07, 6.45) is 3.93. The molecule has 0 saturated heterocycles. The van der Waals surface area contributed by atoms with Crippen LogP contribution in [0, 0.1) is 0 Å². The van der Waals surface area contributed by atoms with E-state index in [0.29, 0.717) is 24.0 Å². The Morgan fingerprint density at radius 3 is 1.53 bits per heavy atom. The summed E-state index contributed by atoms with van der Waals surface area (Å²) >= 11 is 0. The molecule has 7 rings (SSSR count). The van der Waals surface area contributed by atoms with Gasteiger partial charge in [0.15, 0.2) is 0 Å². The second-order valence-electron chi connectivity index (χ2n) is 10.3. The monoisotopic (exact) mass is 456 g/mol. The first kappa shape index (κ1) is 20.4. The number of aliphatic hydroxyl groups is 2. The maximum Gasteiger partial charge on any atom is 0.0833 e. The van der Waals surface area contributed by atoms with Gasteiger partial charge in [0.2, 0.25) is 0 Å². The van der Waals surface area contributed by atoms with Crippen molar-refractivity contribution in [3.05, 3.63) is 69.2 Å². The minimum atomic E-state index is -0.670. The number of aryl methyl sites for hydroxylation is 2. The molecule has 6 nitrogen and oxygen atoms in total. The molecule has 4 aliphatic heterocycles. The van der Waals surface area contributed by atoms with Crippen molar-refractivity contribution in [2.75, 3.05) is 36.0 Å². The Bertz CT molecular complexity index is 1180. The Labute approximate surface area is 199 Å². The third-order valence-corrected chi connectivity index (χ3v) is 8.44. The molecule has 176 valence electrons. The highest BCUT2D eigenvalue weighted by Crippen LogP contribution is 2.52. The van der Waals surface area contributed by atoms with Gasteiger partial charge in [-0.25, -0.2) is 0 Å². The highest BCUT2D eigenvalue weighted by atomic mass is 16.3. The summed E-state index contributed by atoms with van der Waals surface area (Å²) in [6.45, 7) is 3.48. The summed E-state index contributed by atoms with van der Waals surface area (Å²) in [5.74, 6) is -0.532. The molecule has 0 fully saturated rings. The fourth-order valence-corrected chi connectivity index (χ4v) is 6.89. The zero-order valence-corrected chi connectivity index (χ0v) is 19.1. The molecule has 1 aliphatic carbocycles. The van der Waals surface area contributed by atoms with Crippen LogP contribution < -0.4 is 20.0 Å². The van der Waals surface area contributed by atoms with Crippen molar-refractivity contribution in [1.29, 1.82) is 0 Å². The third kappa shape index (κ3) is 2.64. The second-order valence-corrected chi connectivity index (χ2v) is 10.3. The Morgan fingerprint density at radius 1 is 0.647 bits per heavy atom. The molecule has 0 spiro atoms. The Kier molecular flexibility index (Phi) is 4.36. The van der Waals surface area contributed by atoms with Gasteiger partial charge in [0.25, 0.3) is 0 Å². The van der Waals surface area contributed by atoms with Crippen LogP contribution in [0.3, 0.4) is 0 Å². The number of hydrogen-bond acceptors (Lipinski definition) is 6. The Morgan fingerprint density at radius 2 is 1.09 bits per heavy atom. The van der Waals surface area contributed by atoms with E-state index in [1.807, 2.05) is 24.3 Å². The number of allylic oxidation sites excluding steroid dienone is 2. The lowest BCUT2D eigenvalue weighted by atomic mass is 9.76. The molecule has 2 N–H and O–H groups in total. The van der Waals surface area contributed by atoms with E-state index in [2.05, 4.69) is 9.80 Å². The quantitative estimate of drug-likeness (QED) is 0.717. The van der Waals surface area contributed by atoms with Crippen molar-refractivity contribution < 1.29 is 20.4 Å². The summed E-state index contributed by atoms with van der Waals surface area (Å²) in [5, 5.41) is 49.0. The zero-order chi connectivity index (χ0) is 23.1. The minimum absolute atomic E-state index is 0.186. The van der Waals surface area contributed by atoms with E-state index in [9.17, 15) is 20.4 Å². The number of rotatable bonds is 2. The lowest BCUT2D eigenvalue weighted by Gasteiger charge is -2.46. The van der Waals surface area contributed by atoms with Crippen LogP contribution in [0.2, 0.25) is 0 Å². The first-order valence-corrected chi connectivity index (χ1v) is 12.6.